The summed E-state index contributed by atoms with van der Waals surface area (Å²) < 4.78 is 13.1. The molecule has 0 spiro atoms. The Labute approximate surface area is 135 Å². The summed E-state index contributed by atoms with van der Waals surface area (Å²) in [5.41, 5.74) is 0.738. The summed E-state index contributed by atoms with van der Waals surface area (Å²) >= 11 is 0. The molecule has 2 rings (SSSR count). The Morgan fingerprint density at radius 3 is 2.68 bits per heavy atom. The number of nitrogens with zero attached hydrogens (tertiary/aromatic N) is 2. The largest absolute Gasteiger partial charge is 0.480 e. The van der Waals surface area contributed by atoms with Gasteiger partial charge in [0.2, 0.25) is 5.91 Å². The van der Waals surface area contributed by atoms with E-state index in [1.807, 2.05) is 0 Å². The summed E-state index contributed by atoms with van der Waals surface area (Å²) in [6.07, 6.45) is 0.465. The van der Waals surface area contributed by atoms with Crippen LogP contribution in [-0.2, 0) is 16.1 Å². The lowest BCUT2D eigenvalue weighted by Gasteiger charge is -2.37. The van der Waals surface area contributed by atoms with Gasteiger partial charge in [-0.3, -0.25) is 14.5 Å². The van der Waals surface area contributed by atoms with E-state index in [0.717, 1.165) is 5.56 Å². The van der Waals surface area contributed by atoms with Crippen LogP contribution < -0.4 is 0 Å². The number of hydrogen-bond donors (Lipinski definition) is 1. The maximum Gasteiger partial charge on any atom is 0.320 e. The molecule has 0 saturated carbocycles. The van der Waals surface area contributed by atoms with Crippen LogP contribution in [0, 0.1) is 5.82 Å². The van der Waals surface area contributed by atoms with Crippen molar-refractivity contribution in [3.8, 4) is 0 Å². The highest BCUT2D eigenvalue weighted by Crippen LogP contribution is 2.14. The molecule has 1 amide bonds. The minimum atomic E-state index is -0.899. The lowest BCUT2D eigenvalue weighted by Crippen LogP contribution is -2.54. The van der Waals surface area contributed by atoms with Crippen LogP contribution in [0.2, 0.25) is 0 Å². The number of carbonyl (C=O) groups excluding carboxylic acids is 1. The van der Waals surface area contributed by atoms with Crippen molar-refractivity contribution in [2.45, 2.75) is 25.9 Å². The van der Waals surface area contributed by atoms with E-state index in [0.29, 0.717) is 26.1 Å². The van der Waals surface area contributed by atoms with E-state index in [4.69, 9.17) is 5.11 Å². The molecule has 22 heavy (non-hydrogen) atoms. The fraction of sp³-hybridized carbons (Fsp3) is 0.467. The fourth-order valence-electron chi connectivity index (χ4n) is 2.60. The first kappa shape index (κ1) is 18.4. The molecule has 1 fully saturated rings. The minimum absolute atomic E-state index is 0. The number of rotatable bonds is 5. The molecule has 1 aliphatic heterocycles. The molecule has 122 valence electrons. The summed E-state index contributed by atoms with van der Waals surface area (Å²) in [4.78, 5) is 26.6. The van der Waals surface area contributed by atoms with E-state index in [9.17, 15) is 14.0 Å². The normalized spacial score (nSPS) is 17.0. The maximum atomic E-state index is 13.1. The van der Waals surface area contributed by atoms with Crippen LogP contribution >= 0.6 is 12.4 Å². The van der Waals surface area contributed by atoms with E-state index >= 15 is 0 Å². The van der Waals surface area contributed by atoms with Crippen molar-refractivity contribution in [1.29, 1.82) is 0 Å². The van der Waals surface area contributed by atoms with Crippen LogP contribution in [0.3, 0.4) is 0 Å². The monoisotopic (exact) mass is 330 g/mol. The van der Waals surface area contributed by atoms with E-state index in [1.54, 1.807) is 28.9 Å². The number of aliphatic carboxylic acids is 1. The number of carboxylic acids is 1. The third kappa shape index (κ3) is 4.42. The van der Waals surface area contributed by atoms with Crippen LogP contribution in [0.1, 0.15) is 18.9 Å². The van der Waals surface area contributed by atoms with E-state index in [-0.39, 0.29) is 30.7 Å². The standard InChI is InChI=1S/C15H19FN2O3.ClH/c1-2-13(15(20)21)17-6-7-18(14(19)10-17)9-11-4-3-5-12(16)8-11;/h3-5,8,13H,2,6-7,9-10H2,1H3,(H,20,21);1H. The number of piperazine rings is 1. The lowest BCUT2D eigenvalue weighted by atomic mass is 10.1. The molecule has 7 heteroatoms. The van der Waals surface area contributed by atoms with Crippen LogP contribution in [0.15, 0.2) is 24.3 Å². The molecule has 1 atom stereocenters. The van der Waals surface area contributed by atoms with Crippen LogP contribution in [0.25, 0.3) is 0 Å². The molecule has 1 aliphatic rings. The van der Waals surface area contributed by atoms with Crippen LogP contribution in [-0.4, -0.2) is 52.5 Å². The van der Waals surface area contributed by atoms with E-state index < -0.39 is 12.0 Å². The molecule has 0 bridgehead atoms. The first-order valence-electron chi connectivity index (χ1n) is 7.00. The van der Waals surface area contributed by atoms with Gasteiger partial charge >= 0.3 is 5.97 Å². The van der Waals surface area contributed by atoms with E-state index in [2.05, 4.69) is 0 Å². The number of halogens is 2. The zero-order valence-corrected chi connectivity index (χ0v) is 13.2. The average molecular weight is 331 g/mol. The van der Waals surface area contributed by atoms with Gasteiger partial charge in [0.15, 0.2) is 0 Å². The molecule has 1 aromatic carbocycles. The molecule has 1 aromatic rings. The predicted octanol–water partition coefficient (Wildman–Crippen LogP) is 1.75. The van der Waals surface area contributed by atoms with Gasteiger partial charge in [-0.25, -0.2) is 4.39 Å². The number of carboxylic acid groups (broad SMARTS) is 1. The molecule has 0 aliphatic carbocycles. The summed E-state index contributed by atoms with van der Waals surface area (Å²) in [5.74, 6) is -1.34. The summed E-state index contributed by atoms with van der Waals surface area (Å²) in [6, 6.07) is 5.54. The molecule has 0 aromatic heterocycles. The van der Waals surface area contributed by atoms with Gasteiger partial charge < -0.3 is 10.0 Å². The third-order valence-corrected chi connectivity index (χ3v) is 3.72. The second-order valence-corrected chi connectivity index (χ2v) is 5.18. The Bertz CT molecular complexity index is 541. The molecule has 1 heterocycles. The summed E-state index contributed by atoms with van der Waals surface area (Å²) in [6.45, 7) is 3.22. The van der Waals surface area contributed by atoms with Gasteiger partial charge in [0.05, 0.1) is 6.54 Å². The molecule has 1 saturated heterocycles. The van der Waals surface area contributed by atoms with Crippen molar-refractivity contribution >= 4 is 24.3 Å². The summed E-state index contributed by atoms with van der Waals surface area (Å²) in [5, 5.41) is 9.14. The van der Waals surface area contributed by atoms with Crippen LogP contribution in [0.5, 0.6) is 0 Å². The molecular weight excluding hydrogens is 311 g/mol. The number of carbonyl (C=O) groups is 2. The molecule has 5 nitrogen and oxygen atoms in total. The topological polar surface area (TPSA) is 60.9 Å². The van der Waals surface area contributed by atoms with Gasteiger partial charge in [0, 0.05) is 19.6 Å². The second-order valence-electron chi connectivity index (χ2n) is 5.18. The van der Waals surface area contributed by atoms with Crippen molar-refractivity contribution in [2.75, 3.05) is 19.6 Å². The molecule has 1 unspecified atom stereocenters. The number of hydrogen-bond acceptors (Lipinski definition) is 3. The van der Waals surface area contributed by atoms with Gasteiger partial charge in [-0.15, -0.1) is 12.4 Å². The first-order chi connectivity index (χ1) is 10.0. The molecule has 1 N–H and O–H groups in total. The van der Waals surface area contributed by atoms with Gasteiger partial charge in [-0.1, -0.05) is 19.1 Å². The highest BCUT2D eigenvalue weighted by molar-refractivity contribution is 5.85. The Hall–Kier alpha value is -1.66. The molecule has 0 radical (unpaired) electrons. The Balaban J connectivity index is 0.00000242. The van der Waals surface area contributed by atoms with Gasteiger partial charge in [0.1, 0.15) is 11.9 Å². The van der Waals surface area contributed by atoms with Gasteiger partial charge in [-0.2, -0.15) is 0 Å². The van der Waals surface area contributed by atoms with Gasteiger partial charge in [-0.05, 0) is 24.1 Å². The quantitative estimate of drug-likeness (QED) is 0.893. The Kier molecular flexibility index (Phi) is 6.77. The minimum Gasteiger partial charge on any atom is -0.480 e. The highest BCUT2D eigenvalue weighted by Gasteiger charge is 2.31. The predicted molar refractivity (Wildman–Crippen MR) is 82.4 cm³/mol. The highest BCUT2D eigenvalue weighted by atomic mass is 35.5. The smallest absolute Gasteiger partial charge is 0.320 e. The zero-order chi connectivity index (χ0) is 15.4. The zero-order valence-electron chi connectivity index (χ0n) is 12.4. The van der Waals surface area contributed by atoms with Crippen molar-refractivity contribution in [2.24, 2.45) is 0 Å². The van der Waals surface area contributed by atoms with Crippen molar-refractivity contribution in [3.05, 3.63) is 35.6 Å². The Morgan fingerprint density at radius 2 is 2.14 bits per heavy atom. The lowest BCUT2D eigenvalue weighted by molar-refractivity contribution is -0.147. The number of amides is 1. The van der Waals surface area contributed by atoms with Crippen molar-refractivity contribution in [1.82, 2.24) is 9.80 Å². The third-order valence-electron chi connectivity index (χ3n) is 3.72. The first-order valence-corrected chi connectivity index (χ1v) is 7.00. The van der Waals surface area contributed by atoms with E-state index in [1.165, 1.54) is 12.1 Å². The van der Waals surface area contributed by atoms with Crippen molar-refractivity contribution in [3.63, 3.8) is 0 Å². The average Bonchev–Trinajstić information content (AvgIpc) is 2.42. The second kappa shape index (κ2) is 8.10. The van der Waals surface area contributed by atoms with Crippen molar-refractivity contribution < 1.29 is 19.1 Å². The maximum absolute atomic E-state index is 13.1. The van der Waals surface area contributed by atoms with Gasteiger partial charge in [0.25, 0.3) is 0 Å². The van der Waals surface area contributed by atoms with Crippen LogP contribution in [0.4, 0.5) is 4.39 Å². The SMILES string of the molecule is CCC(C(=O)O)N1CCN(Cc2cccc(F)c2)C(=O)C1.Cl. The Morgan fingerprint density at radius 1 is 1.41 bits per heavy atom. The number of benzene rings is 1. The molecular formula is C15H20ClFN2O3. The fourth-order valence-corrected chi connectivity index (χ4v) is 2.60. The summed E-state index contributed by atoms with van der Waals surface area (Å²) in [7, 11) is 0.